The van der Waals surface area contributed by atoms with E-state index in [4.69, 9.17) is 0 Å². The van der Waals surface area contributed by atoms with Gasteiger partial charge in [0.25, 0.3) is 11.5 Å². The van der Waals surface area contributed by atoms with E-state index in [-0.39, 0.29) is 11.5 Å². The van der Waals surface area contributed by atoms with Gasteiger partial charge in [0, 0.05) is 24.4 Å². The lowest BCUT2D eigenvalue weighted by molar-refractivity contribution is 0.0927. The van der Waals surface area contributed by atoms with E-state index in [1.165, 1.54) is 21.0 Å². The van der Waals surface area contributed by atoms with Crippen molar-refractivity contribution in [2.45, 2.75) is 34.6 Å². The highest BCUT2D eigenvalue weighted by Crippen LogP contribution is 2.22. The molecule has 2 aromatic rings. The molecule has 106 valence electrons. The Balaban J connectivity index is 2.69. The molecule has 0 fully saturated rings. The monoisotopic (exact) mass is 272 g/mol. The average Bonchev–Trinajstić information content (AvgIpc) is 2.64. The first-order valence-electron chi connectivity index (χ1n) is 6.63. The van der Waals surface area contributed by atoms with Crippen molar-refractivity contribution in [1.82, 2.24) is 9.36 Å². The molecule has 0 aliphatic carbocycles. The summed E-state index contributed by atoms with van der Waals surface area (Å²) in [4.78, 5) is 24.4. The van der Waals surface area contributed by atoms with E-state index in [0.717, 1.165) is 16.7 Å². The standard InChI is InChI=1S/C16H20N2O2/c1-9-7-14(13(5)12(4)11(9)3)16(20)18-10(2)8-15(19)17(18)6/h7-8H,1-6H3. The number of aromatic nitrogens is 2. The first kappa shape index (κ1) is 14.3. The van der Waals surface area contributed by atoms with Gasteiger partial charge < -0.3 is 0 Å². The Bertz CT molecular complexity index is 764. The molecule has 0 amide bonds. The number of hydrogen-bond donors (Lipinski definition) is 0. The quantitative estimate of drug-likeness (QED) is 0.800. The SMILES string of the molecule is Cc1cc(C(=O)n2c(C)cc(=O)n2C)c(C)c(C)c1C. The number of hydrogen-bond acceptors (Lipinski definition) is 2. The molecular weight excluding hydrogens is 252 g/mol. The normalized spacial score (nSPS) is 10.9. The number of aryl methyl sites for hydroxylation is 2. The minimum absolute atomic E-state index is 0.157. The van der Waals surface area contributed by atoms with Crippen LogP contribution < -0.4 is 5.56 Å². The molecule has 0 saturated carbocycles. The first-order chi connectivity index (χ1) is 9.25. The molecule has 1 aromatic carbocycles. The summed E-state index contributed by atoms with van der Waals surface area (Å²) in [6.07, 6.45) is 0. The molecule has 0 atom stereocenters. The van der Waals surface area contributed by atoms with Crippen LogP contribution in [0.5, 0.6) is 0 Å². The van der Waals surface area contributed by atoms with E-state index in [9.17, 15) is 9.59 Å². The fourth-order valence-corrected chi connectivity index (χ4v) is 2.51. The zero-order valence-electron chi connectivity index (χ0n) is 12.9. The minimum Gasteiger partial charge on any atom is -0.268 e. The summed E-state index contributed by atoms with van der Waals surface area (Å²) >= 11 is 0. The molecule has 0 radical (unpaired) electrons. The van der Waals surface area contributed by atoms with Gasteiger partial charge in [-0.1, -0.05) is 0 Å². The van der Waals surface area contributed by atoms with Crippen molar-refractivity contribution in [3.63, 3.8) is 0 Å². The minimum atomic E-state index is -0.172. The maximum atomic E-state index is 12.7. The molecule has 0 bridgehead atoms. The third-order valence-electron chi connectivity index (χ3n) is 4.19. The second-order valence-corrected chi connectivity index (χ2v) is 5.38. The number of benzene rings is 1. The lowest BCUT2D eigenvalue weighted by atomic mass is 9.94. The largest absolute Gasteiger partial charge is 0.277 e. The summed E-state index contributed by atoms with van der Waals surface area (Å²) < 4.78 is 2.78. The fourth-order valence-electron chi connectivity index (χ4n) is 2.51. The number of rotatable bonds is 1. The molecular formula is C16H20N2O2. The highest BCUT2D eigenvalue weighted by Gasteiger charge is 2.19. The Labute approximate surface area is 118 Å². The van der Waals surface area contributed by atoms with Gasteiger partial charge in [-0.3, -0.25) is 9.59 Å². The van der Waals surface area contributed by atoms with E-state index in [2.05, 4.69) is 6.92 Å². The van der Waals surface area contributed by atoms with Gasteiger partial charge in [0.05, 0.1) is 0 Å². The van der Waals surface area contributed by atoms with Crippen LogP contribution in [0.4, 0.5) is 0 Å². The van der Waals surface area contributed by atoms with E-state index in [1.807, 2.05) is 26.8 Å². The van der Waals surface area contributed by atoms with Crippen LogP contribution in [0.2, 0.25) is 0 Å². The summed E-state index contributed by atoms with van der Waals surface area (Å²) in [7, 11) is 1.61. The van der Waals surface area contributed by atoms with Crippen LogP contribution in [-0.4, -0.2) is 15.3 Å². The van der Waals surface area contributed by atoms with Crippen LogP contribution in [-0.2, 0) is 7.05 Å². The molecule has 0 aliphatic rings. The van der Waals surface area contributed by atoms with Crippen LogP contribution in [0.15, 0.2) is 16.9 Å². The zero-order chi connectivity index (χ0) is 15.2. The maximum Gasteiger partial charge on any atom is 0.277 e. The molecule has 0 spiro atoms. The fraction of sp³-hybridized carbons (Fsp3) is 0.375. The smallest absolute Gasteiger partial charge is 0.268 e. The summed E-state index contributed by atoms with van der Waals surface area (Å²) in [5.74, 6) is -0.157. The molecule has 4 heteroatoms. The van der Waals surface area contributed by atoms with E-state index < -0.39 is 0 Å². The van der Waals surface area contributed by atoms with Crippen molar-refractivity contribution in [3.05, 3.63) is 56.0 Å². The highest BCUT2D eigenvalue weighted by molar-refractivity contribution is 5.97. The van der Waals surface area contributed by atoms with Crippen LogP contribution in [0.1, 0.15) is 38.3 Å². The maximum absolute atomic E-state index is 12.7. The molecule has 1 heterocycles. The van der Waals surface area contributed by atoms with Crippen molar-refractivity contribution in [2.24, 2.45) is 7.05 Å². The van der Waals surface area contributed by atoms with Gasteiger partial charge in [-0.15, -0.1) is 0 Å². The summed E-state index contributed by atoms with van der Waals surface area (Å²) in [6.45, 7) is 9.80. The van der Waals surface area contributed by atoms with E-state index >= 15 is 0 Å². The number of nitrogens with zero attached hydrogens (tertiary/aromatic N) is 2. The van der Waals surface area contributed by atoms with Gasteiger partial charge in [-0.05, 0) is 62.9 Å². The first-order valence-corrected chi connectivity index (χ1v) is 6.63. The van der Waals surface area contributed by atoms with Gasteiger partial charge in [-0.2, -0.15) is 0 Å². The predicted octanol–water partition coefficient (Wildman–Crippen LogP) is 2.42. The third kappa shape index (κ3) is 2.01. The molecule has 1 aromatic heterocycles. The lowest BCUT2D eigenvalue weighted by Gasteiger charge is -2.15. The molecule has 4 nitrogen and oxygen atoms in total. The van der Waals surface area contributed by atoms with Gasteiger partial charge in [-0.25, -0.2) is 9.36 Å². The van der Waals surface area contributed by atoms with Crippen molar-refractivity contribution < 1.29 is 4.79 Å². The van der Waals surface area contributed by atoms with Crippen molar-refractivity contribution in [1.29, 1.82) is 0 Å². The van der Waals surface area contributed by atoms with Crippen LogP contribution in [0.3, 0.4) is 0 Å². The summed E-state index contributed by atoms with van der Waals surface area (Å²) in [5, 5.41) is 0. The average molecular weight is 272 g/mol. The highest BCUT2D eigenvalue weighted by atomic mass is 16.2. The Morgan fingerprint density at radius 2 is 1.55 bits per heavy atom. The zero-order valence-corrected chi connectivity index (χ0v) is 12.9. The summed E-state index contributed by atoms with van der Waals surface area (Å²) in [6, 6.07) is 3.38. The Morgan fingerprint density at radius 1 is 0.950 bits per heavy atom. The van der Waals surface area contributed by atoms with E-state index in [1.54, 1.807) is 14.0 Å². The van der Waals surface area contributed by atoms with Crippen LogP contribution in [0, 0.1) is 34.6 Å². The van der Waals surface area contributed by atoms with Gasteiger partial charge in [0.2, 0.25) is 0 Å². The molecule has 0 saturated heterocycles. The van der Waals surface area contributed by atoms with Gasteiger partial charge in [0.1, 0.15) is 0 Å². The van der Waals surface area contributed by atoms with Gasteiger partial charge >= 0.3 is 0 Å². The molecule has 0 unspecified atom stereocenters. The Hall–Kier alpha value is -2.10. The van der Waals surface area contributed by atoms with Crippen molar-refractivity contribution >= 4 is 5.91 Å². The van der Waals surface area contributed by atoms with E-state index in [0.29, 0.717) is 11.3 Å². The van der Waals surface area contributed by atoms with Gasteiger partial charge in [0.15, 0.2) is 0 Å². The van der Waals surface area contributed by atoms with Crippen LogP contribution >= 0.6 is 0 Å². The number of carbonyl (C=O) groups is 1. The summed E-state index contributed by atoms with van der Waals surface area (Å²) in [5.41, 5.74) is 5.52. The molecule has 2 rings (SSSR count). The predicted molar refractivity (Wildman–Crippen MR) is 79.5 cm³/mol. The lowest BCUT2D eigenvalue weighted by Crippen LogP contribution is -2.26. The second kappa shape index (κ2) is 4.78. The topological polar surface area (TPSA) is 44.0 Å². The molecule has 0 aliphatic heterocycles. The van der Waals surface area contributed by atoms with Crippen molar-refractivity contribution in [3.8, 4) is 0 Å². The molecule has 20 heavy (non-hydrogen) atoms. The Kier molecular flexibility index (Phi) is 3.42. The molecule has 0 N–H and O–H groups in total. The second-order valence-electron chi connectivity index (χ2n) is 5.38. The number of carbonyl (C=O) groups excluding carboxylic acids is 1. The Morgan fingerprint density at radius 3 is 2.05 bits per heavy atom. The van der Waals surface area contributed by atoms with Crippen molar-refractivity contribution in [2.75, 3.05) is 0 Å². The third-order valence-corrected chi connectivity index (χ3v) is 4.19. The van der Waals surface area contributed by atoms with Crippen LogP contribution in [0.25, 0.3) is 0 Å².